The largest absolute Gasteiger partial charge is 0.508 e. The molecule has 0 saturated carbocycles. The number of amides is 3. The highest BCUT2D eigenvalue weighted by atomic mass is 16.3. The second-order valence-electron chi connectivity index (χ2n) is 5.92. The van der Waals surface area contributed by atoms with Crippen molar-refractivity contribution in [3.8, 4) is 5.75 Å². The van der Waals surface area contributed by atoms with Gasteiger partial charge in [0.05, 0.1) is 0 Å². The lowest BCUT2D eigenvalue weighted by atomic mass is 10.0. The molecular weight excluding hydrogens is 316 g/mol. The van der Waals surface area contributed by atoms with Gasteiger partial charge in [0.2, 0.25) is 0 Å². The molecule has 0 radical (unpaired) electrons. The fourth-order valence-corrected chi connectivity index (χ4v) is 2.68. The number of phenolic OH excluding ortho intramolecular Hbond substituents is 1. The number of phenols is 1. The van der Waals surface area contributed by atoms with Crippen molar-refractivity contribution < 1.29 is 14.7 Å². The summed E-state index contributed by atoms with van der Waals surface area (Å²) < 4.78 is 0. The maximum absolute atomic E-state index is 12.3. The van der Waals surface area contributed by atoms with E-state index in [-0.39, 0.29) is 5.75 Å². The summed E-state index contributed by atoms with van der Waals surface area (Å²) in [6.07, 6.45) is 0. The zero-order valence-corrected chi connectivity index (χ0v) is 14.0. The van der Waals surface area contributed by atoms with Crippen molar-refractivity contribution in [3.05, 3.63) is 71.3 Å². The molecule has 0 unspecified atom stereocenters. The molecule has 3 N–H and O–H groups in total. The normalized spacial score (nSPS) is 10.5. The van der Waals surface area contributed by atoms with Crippen LogP contribution in [-0.2, 0) is 0 Å². The summed E-state index contributed by atoms with van der Waals surface area (Å²) >= 11 is 0. The van der Waals surface area contributed by atoms with Crippen LogP contribution in [0.5, 0.6) is 5.75 Å². The van der Waals surface area contributed by atoms with Crippen molar-refractivity contribution in [1.82, 2.24) is 5.32 Å². The Balaban J connectivity index is 1.75. The summed E-state index contributed by atoms with van der Waals surface area (Å²) in [4.78, 5) is 24.3. The van der Waals surface area contributed by atoms with Gasteiger partial charge in [-0.05, 0) is 66.1 Å². The second kappa shape index (κ2) is 6.65. The minimum absolute atomic E-state index is 0.210. The van der Waals surface area contributed by atoms with Crippen molar-refractivity contribution in [2.75, 3.05) is 5.32 Å². The number of benzene rings is 3. The number of imide groups is 1. The van der Waals surface area contributed by atoms with E-state index in [0.29, 0.717) is 11.3 Å². The van der Waals surface area contributed by atoms with Gasteiger partial charge in [-0.1, -0.05) is 24.3 Å². The quantitative estimate of drug-likeness (QED) is 0.659. The number of nitrogens with one attached hydrogen (secondary N) is 2. The zero-order chi connectivity index (χ0) is 18.0. The minimum Gasteiger partial charge on any atom is -0.508 e. The molecule has 0 aromatic heterocycles. The van der Waals surface area contributed by atoms with E-state index >= 15 is 0 Å². The lowest BCUT2D eigenvalue weighted by molar-refractivity contribution is 0.0967. The van der Waals surface area contributed by atoms with Gasteiger partial charge in [0, 0.05) is 11.3 Å². The van der Waals surface area contributed by atoms with Gasteiger partial charge in [0.1, 0.15) is 5.75 Å². The van der Waals surface area contributed by atoms with Gasteiger partial charge in [0.15, 0.2) is 0 Å². The zero-order valence-electron chi connectivity index (χ0n) is 14.0. The average Bonchev–Trinajstić information content (AvgIpc) is 2.57. The van der Waals surface area contributed by atoms with Crippen LogP contribution in [0.25, 0.3) is 10.8 Å². The first-order chi connectivity index (χ1) is 11.9. The second-order valence-corrected chi connectivity index (χ2v) is 5.92. The maximum atomic E-state index is 12.3. The molecule has 126 valence electrons. The van der Waals surface area contributed by atoms with E-state index in [1.807, 2.05) is 32.0 Å². The standard InChI is InChI=1S/C20H18N2O3/c1-12-4-3-5-16(10-12)21-20(25)22-19(24)15-6-8-17-13(2)18(23)9-7-14(17)11-15/h3-11,23H,1-2H3,(H2,21,22,24,25). The van der Waals surface area contributed by atoms with E-state index in [1.165, 1.54) is 0 Å². The number of aromatic hydroxyl groups is 1. The number of urea groups is 1. The molecule has 0 saturated heterocycles. The van der Waals surface area contributed by atoms with Gasteiger partial charge in [0.25, 0.3) is 5.91 Å². The molecular formula is C20H18N2O3. The third-order valence-corrected chi connectivity index (χ3v) is 4.03. The number of hydrogen-bond donors (Lipinski definition) is 3. The Kier molecular flexibility index (Phi) is 4.39. The number of carbonyl (C=O) groups is 2. The fourth-order valence-electron chi connectivity index (χ4n) is 2.68. The molecule has 0 aliphatic carbocycles. The topological polar surface area (TPSA) is 78.4 Å². The van der Waals surface area contributed by atoms with E-state index in [4.69, 9.17) is 0 Å². The van der Waals surface area contributed by atoms with Crippen LogP contribution in [0.1, 0.15) is 21.5 Å². The third kappa shape index (κ3) is 3.61. The van der Waals surface area contributed by atoms with Crippen molar-refractivity contribution in [1.29, 1.82) is 0 Å². The average molecular weight is 334 g/mol. The Morgan fingerprint density at radius 1 is 0.960 bits per heavy atom. The van der Waals surface area contributed by atoms with Gasteiger partial charge in [-0.25, -0.2) is 4.79 Å². The Morgan fingerprint density at radius 3 is 2.52 bits per heavy atom. The summed E-state index contributed by atoms with van der Waals surface area (Å²) in [6, 6.07) is 15.1. The van der Waals surface area contributed by atoms with Crippen LogP contribution >= 0.6 is 0 Å². The molecule has 0 aliphatic rings. The van der Waals surface area contributed by atoms with E-state index in [1.54, 1.807) is 36.4 Å². The monoisotopic (exact) mass is 334 g/mol. The van der Waals surface area contributed by atoms with Gasteiger partial charge < -0.3 is 10.4 Å². The molecule has 3 rings (SSSR count). The predicted molar refractivity (Wildman–Crippen MR) is 98.0 cm³/mol. The lowest BCUT2D eigenvalue weighted by Crippen LogP contribution is -2.34. The van der Waals surface area contributed by atoms with Crippen LogP contribution in [0.4, 0.5) is 10.5 Å². The van der Waals surface area contributed by atoms with E-state index < -0.39 is 11.9 Å². The van der Waals surface area contributed by atoms with Crippen molar-refractivity contribution >= 4 is 28.4 Å². The SMILES string of the molecule is Cc1cccc(NC(=O)NC(=O)c2ccc3c(C)c(O)ccc3c2)c1. The Bertz CT molecular complexity index is 980. The molecule has 0 atom stereocenters. The third-order valence-electron chi connectivity index (χ3n) is 4.03. The first kappa shape index (κ1) is 16.5. The summed E-state index contributed by atoms with van der Waals surface area (Å²) in [5, 5.41) is 16.4. The van der Waals surface area contributed by atoms with Crippen LogP contribution < -0.4 is 10.6 Å². The molecule has 3 aromatic carbocycles. The van der Waals surface area contributed by atoms with Crippen LogP contribution in [-0.4, -0.2) is 17.0 Å². The van der Waals surface area contributed by atoms with E-state index in [9.17, 15) is 14.7 Å². The summed E-state index contributed by atoms with van der Waals surface area (Å²) in [5.41, 5.74) is 2.76. The number of hydrogen-bond acceptors (Lipinski definition) is 3. The van der Waals surface area contributed by atoms with Crippen LogP contribution in [0.2, 0.25) is 0 Å². The predicted octanol–water partition coefficient (Wildman–Crippen LogP) is 4.12. The lowest BCUT2D eigenvalue weighted by Gasteiger charge is -2.09. The number of aryl methyl sites for hydroxylation is 2. The highest BCUT2D eigenvalue weighted by Gasteiger charge is 2.12. The molecule has 5 nitrogen and oxygen atoms in total. The molecule has 3 amide bonds. The van der Waals surface area contributed by atoms with E-state index in [0.717, 1.165) is 21.9 Å². The summed E-state index contributed by atoms with van der Waals surface area (Å²) in [6.45, 7) is 3.73. The van der Waals surface area contributed by atoms with Gasteiger partial charge in [-0.3, -0.25) is 10.1 Å². The summed E-state index contributed by atoms with van der Waals surface area (Å²) in [7, 11) is 0. The highest BCUT2D eigenvalue weighted by Crippen LogP contribution is 2.26. The molecule has 0 heterocycles. The van der Waals surface area contributed by atoms with Gasteiger partial charge in [-0.15, -0.1) is 0 Å². The van der Waals surface area contributed by atoms with Crippen LogP contribution in [0.3, 0.4) is 0 Å². The Labute approximate surface area is 145 Å². The molecule has 0 fully saturated rings. The molecule has 0 aliphatic heterocycles. The van der Waals surface area contributed by atoms with Gasteiger partial charge >= 0.3 is 6.03 Å². The highest BCUT2D eigenvalue weighted by molar-refractivity contribution is 6.09. The van der Waals surface area contributed by atoms with Crippen molar-refractivity contribution in [3.63, 3.8) is 0 Å². The molecule has 0 spiro atoms. The maximum Gasteiger partial charge on any atom is 0.326 e. The molecule has 25 heavy (non-hydrogen) atoms. The Morgan fingerprint density at radius 2 is 1.76 bits per heavy atom. The minimum atomic E-state index is -0.586. The molecule has 0 bridgehead atoms. The number of carbonyl (C=O) groups excluding carboxylic acids is 2. The smallest absolute Gasteiger partial charge is 0.326 e. The van der Waals surface area contributed by atoms with Crippen molar-refractivity contribution in [2.45, 2.75) is 13.8 Å². The first-order valence-corrected chi connectivity index (χ1v) is 7.85. The van der Waals surface area contributed by atoms with Crippen molar-refractivity contribution in [2.24, 2.45) is 0 Å². The first-order valence-electron chi connectivity index (χ1n) is 7.85. The number of fused-ring (bicyclic) bond motifs is 1. The Hall–Kier alpha value is -3.34. The van der Waals surface area contributed by atoms with Gasteiger partial charge in [-0.2, -0.15) is 0 Å². The molecule has 5 heteroatoms. The molecule has 3 aromatic rings. The van der Waals surface area contributed by atoms with E-state index in [2.05, 4.69) is 10.6 Å². The fraction of sp³-hybridized carbons (Fsp3) is 0.100. The van der Waals surface area contributed by atoms with Crippen LogP contribution in [0, 0.1) is 13.8 Å². The number of anilines is 1. The number of rotatable bonds is 2. The van der Waals surface area contributed by atoms with Crippen LogP contribution in [0.15, 0.2) is 54.6 Å². The summed E-state index contributed by atoms with van der Waals surface area (Å²) in [5.74, 6) is -0.278.